The fraction of sp³-hybridized carbons (Fsp3) is 0.316. The summed E-state index contributed by atoms with van der Waals surface area (Å²) in [6, 6.07) is 17.9. The first-order valence-corrected chi connectivity index (χ1v) is 8.07. The molecule has 2 amide bonds. The van der Waals surface area contributed by atoms with Gasteiger partial charge in [-0.2, -0.15) is 0 Å². The van der Waals surface area contributed by atoms with Crippen molar-refractivity contribution in [1.82, 2.24) is 4.90 Å². The first kappa shape index (κ1) is 15.6. The summed E-state index contributed by atoms with van der Waals surface area (Å²) in [5.74, 6) is 0. The number of carbonyl (C=O) groups excluding carboxylic acids is 1. The summed E-state index contributed by atoms with van der Waals surface area (Å²) in [7, 11) is 0. The van der Waals surface area contributed by atoms with E-state index >= 15 is 0 Å². The number of ether oxygens (including phenoxy) is 1. The Labute approximate surface area is 137 Å². The number of urea groups is 1. The topological polar surface area (TPSA) is 41.6 Å². The summed E-state index contributed by atoms with van der Waals surface area (Å²) < 4.78 is 5.85. The molecular weight excluding hydrogens is 288 g/mol. The second-order valence-corrected chi connectivity index (χ2v) is 5.70. The molecule has 4 heteroatoms. The van der Waals surface area contributed by atoms with Crippen LogP contribution in [0.4, 0.5) is 10.5 Å². The van der Waals surface area contributed by atoms with Gasteiger partial charge in [0.1, 0.15) is 6.10 Å². The molecule has 1 atom stereocenters. The number of hydrogen-bond donors (Lipinski definition) is 1. The number of nitrogens with one attached hydrogen (secondary N) is 1. The molecule has 0 radical (unpaired) electrons. The molecule has 0 bridgehead atoms. The van der Waals surface area contributed by atoms with E-state index in [4.69, 9.17) is 4.74 Å². The van der Waals surface area contributed by atoms with Crippen molar-refractivity contribution >= 4 is 11.7 Å². The van der Waals surface area contributed by atoms with E-state index in [0.29, 0.717) is 19.7 Å². The van der Waals surface area contributed by atoms with Gasteiger partial charge in [0.15, 0.2) is 0 Å². The summed E-state index contributed by atoms with van der Waals surface area (Å²) in [6.07, 6.45) is 0.966. The van der Waals surface area contributed by atoms with Crippen molar-refractivity contribution in [3.8, 4) is 0 Å². The van der Waals surface area contributed by atoms with E-state index < -0.39 is 0 Å². The van der Waals surface area contributed by atoms with Crippen molar-refractivity contribution in [3.63, 3.8) is 0 Å². The molecule has 1 saturated heterocycles. The Morgan fingerprint density at radius 1 is 1.17 bits per heavy atom. The highest BCUT2D eigenvalue weighted by molar-refractivity contribution is 5.89. The number of benzene rings is 2. The molecule has 23 heavy (non-hydrogen) atoms. The standard InChI is InChI=1S/C19H22N2O2/c1-2-15-8-10-16(11-9-15)18-14-21(12-13-23-18)19(22)20-17-6-4-3-5-7-17/h3-11,18H,2,12-14H2,1H3,(H,20,22). The molecule has 1 unspecified atom stereocenters. The molecule has 2 aromatic carbocycles. The van der Waals surface area contributed by atoms with E-state index in [1.54, 1.807) is 0 Å². The molecule has 3 rings (SSSR count). The lowest BCUT2D eigenvalue weighted by atomic mass is 10.0. The lowest BCUT2D eigenvalue weighted by Gasteiger charge is -2.33. The average Bonchev–Trinajstić information content (AvgIpc) is 2.63. The summed E-state index contributed by atoms with van der Waals surface area (Å²) in [4.78, 5) is 14.2. The highest BCUT2D eigenvalue weighted by Gasteiger charge is 2.25. The molecule has 120 valence electrons. The van der Waals surface area contributed by atoms with Gasteiger partial charge in [0.25, 0.3) is 0 Å². The first-order chi connectivity index (χ1) is 11.3. The zero-order valence-corrected chi connectivity index (χ0v) is 13.4. The first-order valence-electron chi connectivity index (χ1n) is 8.07. The van der Waals surface area contributed by atoms with Gasteiger partial charge < -0.3 is 15.0 Å². The van der Waals surface area contributed by atoms with Crippen molar-refractivity contribution in [1.29, 1.82) is 0 Å². The third-order valence-electron chi connectivity index (χ3n) is 4.14. The molecule has 1 fully saturated rings. The van der Waals surface area contributed by atoms with Gasteiger partial charge in [-0.05, 0) is 29.7 Å². The zero-order valence-electron chi connectivity index (χ0n) is 13.4. The van der Waals surface area contributed by atoms with Crippen LogP contribution in [0, 0.1) is 0 Å². The van der Waals surface area contributed by atoms with Crippen LogP contribution in [0.1, 0.15) is 24.2 Å². The maximum atomic E-state index is 12.4. The van der Waals surface area contributed by atoms with Crippen molar-refractivity contribution < 1.29 is 9.53 Å². The third-order valence-corrected chi connectivity index (χ3v) is 4.14. The number of anilines is 1. The van der Waals surface area contributed by atoms with Crippen LogP contribution in [-0.4, -0.2) is 30.6 Å². The predicted octanol–water partition coefficient (Wildman–Crippen LogP) is 3.85. The van der Waals surface area contributed by atoms with Crippen molar-refractivity contribution in [2.24, 2.45) is 0 Å². The van der Waals surface area contributed by atoms with Crippen LogP contribution in [0.15, 0.2) is 54.6 Å². The van der Waals surface area contributed by atoms with Gasteiger partial charge in [0, 0.05) is 12.2 Å². The highest BCUT2D eigenvalue weighted by atomic mass is 16.5. The van der Waals surface area contributed by atoms with Gasteiger partial charge in [-0.25, -0.2) is 4.79 Å². The van der Waals surface area contributed by atoms with Crippen LogP contribution in [0.25, 0.3) is 0 Å². The Balaban J connectivity index is 1.64. The monoisotopic (exact) mass is 310 g/mol. The summed E-state index contributed by atoms with van der Waals surface area (Å²) >= 11 is 0. The van der Waals surface area contributed by atoms with Crippen LogP contribution >= 0.6 is 0 Å². The smallest absolute Gasteiger partial charge is 0.322 e. The number of carbonyl (C=O) groups is 1. The summed E-state index contributed by atoms with van der Waals surface area (Å²) in [5, 5.41) is 2.93. The fourth-order valence-electron chi connectivity index (χ4n) is 2.73. The van der Waals surface area contributed by atoms with E-state index in [-0.39, 0.29) is 12.1 Å². The Kier molecular flexibility index (Phi) is 4.93. The molecule has 0 spiro atoms. The lowest BCUT2D eigenvalue weighted by molar-refractivity contribution is -0.0135. The minimum atomic E-state index is -0.0744. The molecular formula is C19H22N2O2. The quantitative estimate of drug-likeness (QED) is 0.935. The largest absolute Gasteiger partial charge is 0.370 e. The molecule has 1 N–H and O–H groups in total. The van der Waals surface area contributed by atoms with Gasteiger partial charge in [-0.1, -0.05) is 49.4 Å². The zero-order chi connectivity index (χ0) is 16.1. The number of hydrogen-bond acceptors (Lipinski definition) is 2. The number of rotatable bonds is 3. The van der Waals surface area contributed by atoms with E-state index in [2.05, 4.69) is 36.5 Å². The molecule has 1 aliphatic heterocycles. The Bertz CT molecular complexity index is 640. The molecule has 4 nitrogen and oxygen atoms in total. The molecule has 0 saturated carbocycles. The lowest BCUT2D eigenvalue weighted by Crippen LogP contribution is -2.44. The van der Waals surface area contributed by atoms with Crippen LogP contribution in [0.5, 0.6) is 0 Å². The molecule has 1 heterocycles. The van der Waals surface area contributed by atoms with Gasteiger partial charge in [0.05, 0.1) is 13.2 Å². The minimum Gasteiger partial charge on any atom is -0.370 e. The van der Waals surface area contributed by atoms with Gasteiger partial charge >= 0.3 is 6.03 Å². The van der Waals surface area contributed by atoms with Crippen LogP contribution < -0.4 is 5.32 Å². The maximum Gasteiger partial charge on any atom is 0.322 e. The number of aryl methyl sites for hydroxylation is 1. The van der Waals surface area contributed by atoms with Crippen molar-refractivity contribution in [2.45, 2.75) is 19.4 Å². The van der Waals surface area contributed by atoms with Crippen LogP contribution in [0.2, 0.25) is 0 Å². The van der Waals surface area contributed by atoms with Crippen molar-refractivity contribution in [3.05, 3.63) is 65.7 Å². The number of morpholine rings is 1. The summed E-state index contributed by atoms with van der Waals surface area (Å²) in [6.45, 7) is 3.89. The number of amides is 2. The van der Waals surface area contributed by atoms with Crippen molar-refractivity contribution in [2.75, 3.05) is 25.0 Å². The van der Waals surface area contributed by atoms with Gasteiger partial charge in [0.2, 0.25) is 0 Å². The highest BCUT2D eigenvalue weighted by Crippen LogP contribution is 2.23. The molecule has 1 aliphatic rings. The number of para-hydroxylation sites is 1. The van der Waals surface area contributed by atoms with Gasteiger partial charge in [-0.15, -0.1) is 0 Å². The molecule has 2 aromatic rings. The Morgan fingerprint density at radius 3 is 2.61 bits per heavy atom. The number of nitrogens with zero attached hydrogens (tertiary/aromatic N) is 1. The Morgan fingerprint density at radius 2 is 1.91 bits per heavy atom. The second kappa shape index (κ2) is 7.29. The minimum absolute atomic E-state index is 0.0591. The SMILES string of the molecule is CCc1ccc(C2CN(C(=O)Nc3ccccc3)CCO2)cc1. The van der Waals surface area contributed by atoms with Crippen LogP contribution in [0.3, 0.4) is 0 Å². The maximum absolute atomic E-state index is 12.4. The van der Waals surface area contributed by atoms with Crippen LogP contribution in [-0.2, 0) is 11.2 Å². The van der Waals surface area contributed by atoms with E-state index in [0.717, 1.165) is 17.7 Å². The van der Waals surface area contributed by atoms with E-state index in [1.807, 2.05) is 35.2 Å². The van der Waals surface area contributed by atoms with Gasteiger partial charge in [-0.3, -0.25) is 0 Å². The second-order valence-electron chi connectivity index (χ2n) is 5.70. The van der Waals surface area contributed by atoms with E-state index in [1.165, 1.54) is 5.56 Å². The average molecular weight is 310 g/mol. The predicted molar refractivity (Wildman–Crippen MR) is 91.5 cm³/mol. The fourth-order valence-corrected chi connectivity index (χ4v) is 2.73. The summed E-state index contributed by atoms with van der Waals surface area (Å²) in [5.41, 5.74) is 3.25. The third kappa shape index (κ3) is 3.90. The molecule has 0 aromatic heterocycles. The van der Waals surface area contributed by atoms with E-state index in [9.17, 15) is 4.79 Å². The molecule has 0 aliphatic carbocycles. The Hall–Kier alpha value is -2.33. The normalized spacial score (nSPS) is 17.8.